The molecule has 0 saturated carbocycles. The molecule has 5 aliphatic rings. The molecule has 12 heteroatoms. The normalized spacial score (nSPS) is 14.3. The lowest BCUT2D eigenvalue weighted by atomic mass is 9.65. The van der Waals surface area contributed by atoms with Crippen molar-refractivity contribution in [3.8, 4) is 124 Å². The molecule has 2 spiro atoms. The minimum atomic E-state index is -0.544. The molecular weight excluding hydrogens is 1660 g/mol. The van der Waals surface area contributed by atoms with E-state index in [1.54, 1.807) is 0 Å². The first-order chi connectivity index (χ1) is 65.8. The molecule has 1 saturated heterocycles. The Morgan fingerprint density at radius 3 is 0.873 bits per heavy atom. The zero-order valence-electron chi connectivity index (χ0n) is 73.7. The summed E-state index contributed by atoms with van der Waals surface area (Å²) < 4.78 is 26.2. The maximum atomic E-state index is 6.86. The first-order valence-corrected chi connectivity index (χ1v) is 45.9. The Kier molecular flexibility index (Phi) is 18.8. The predicted molar refractivity (Wildman–Crippen MR) is 545 cm³/mol. The van der Waals surface area contributed by atoms with Gasteiger partial charge in [0.25, 0.3) is 0 Å². The van der Waals surface area contributed by atoms with E-state index in [9.17, 15) is 0 Å². The summed E-state index contributed by atoms with van der Waals surface area (Å²) in [5, 5.41) is 15.3. The maximum absolute atomic E-state index is 6.86. The van der Waals surface area contributed by atoms with Crippen LogP contribution in [0.25, 0.3) is 166 Å². The SMILES string of the molecule is CC1(C)OB(c2ccc3c(c2)Oc2ccccc2C32c3ccccc3-c3ccccc32)OC1(C)C.Clc1nc(-c2ccccc2)nc(-c2cccc(-c3ccc4c5ccccc5c5ccccc5c4c3)c2)n1.c1ccc(-c2nc(-c3cccc(-c4ccc5c6ccccc6c6ccccc6c5c4)c3)nc(-c3ccc4c(c3)Oc3ccccc3C43c4ccccc4-c4ccccc43)n2)cc1. The van der Waals surface area contributed by atoms with E-state index in [4.69, 9.17) is 50.3 Å². The van der Waals surface area contributed by atoms with Crippen molar-refractivity contribution in [1.82, 2.24) is 29.9 Å². The number of nitrogens with zero attached hydrogens (tertiary/aromatic N) is 6. The molecule has 27 rings (SSSR count). The lowest BCUT2D eigenvalue weighted by Crippen LogP contribution is -2.41. The standard InChI is InChI=1S/C58H35N3O.C33H20ClN3.C31H27BO3/c1-2-15-36(16-3-1)55-59-56(39-18-14-17-37(33-39)38-29-31-45-43-21-5-4-19-41(43)42-20-6-7-22-44(42)48(45)34-38)61-57(60-55)40-30-32-52-54(35-40)62-53-28-13-12-27-51(53)58(52)49-25-10-8-23-46(49)47-24-9-11-26-50(47)58;34-33-36-31(21-9-2-1-3-10-21)35-32(37-33)24-12-8-11-22(19-24)23-17-18-29-27-15-5-4-13-25(27)26-14-6-7-16-28(26)30(29)20-23;1-29(2)30(3,4)35-32(34-29)20-17-18-26-28(19-20)33-27-16-10-9-15-25(27)31(26)23-13-7-5-11-21(23)22-12-6-8-14-24(22)31/h1-35H;1-20H;5-19H,1-4H3. The van der Waals surface area contributed by atoms with E-state index in [0.717, 1.165) is 95.2 Å². The lowest BCUT2D eigenvalue weighted by molar-refractivity contribution is 0.00578. The molecule has 2 aliphatic carbocycles. The Bertz CT molecular complexity index is 8420. The molecule has 0 unspecified atom stereocenters. The Labute approximate surface area is 780 Å². The summed E-state index contributed by atoms with van der Waals surface area (Å²) in [5.74, 6) is 6.27. The van der Waals surface area contributed by atoms with Crippen LogP contribution >= 0.6 is 11.6 Å². The molecule has 0 bridgehead atoms. The summed E-state index contributed by atoms with van der Waals surface area (Å²) in [4.78, 5) is 29.0. The van der Waals surface area contributed by atoms with Crippen LogP contribution in [0.4, 0.5) is 0 Å². The zero-order chi connectivity index (χ0) is 89.5. The van der Waals surface area contributed by atoms with Crippen molar-refractivity contribution in [3.05, 3.63) is 474 Å². The molecule has 134 heavy (non-hydrogen) atoms. The van der Waals surface area contributed by atoms with Gasteiger partial charge in [0.05, 0.1) is 22.0 Å². The maximum Gasteiger partial charge on any atom is 0.494 e. The highest BCUT2D eigenvalue weighted by atomic mass is 35.5. The Morgan fingerprint density at radius 2 is 0.470 bits per heavy atom. The van der Waals surface area contributed by atoms with E-state index in [0.29, 0.717) is 29.1 Å². The van der Waals surface area contributed by atoms with Crippen molar-refractivity contribution in [2.24, 2.45) is 0 Å². The van der Waals surface area contributed by atoms with E-state index in [2.05, 4.69) is 383 Å². The Morgan fingerprint density at radius 1 is 0.201 bits per heavy atom. The van der Waals surface area contributed by atoms with Crippen molar-refractivity contribution in [3.63, 3.8) is 0 Å². The predicted octanol–water partition coefficient (Wildman–Crippen LogP) is 29.9. The molecule has 2 aromatic heterocycles. The highest BCUT2D eigenvalue weighted by Gasteiger charge is 2.55. The van der Waals surface area contributed by atoms with Crippen LogP contribution in [0.3, 0.4) is 0 Å². The topological polar surface area (TPSA) is 114 Å². The second-order valence-electron chi connectivity index (χ2n) is 36.1. The van der Waals surface area contributed by atoms with Crippen LogP contribution in [-0.4, -0.2) is 48.2 Å². The lowest BCUT2D eigenvalue weighted by Gasteiger charge is -2.39. The van der Waals surface area contributed by atoms with Crippen LogP contribution in [0.1, 0.15) is 72.2 Å². The van der Waals surface area contributed by atoms with E-state index < -0.39 is 29.2 Å². The molecule has 5 heterocycles. The van der Waals surface area contributed by atoms with Gasteiger partial charge in [-0.3, -0.25) is 0 Å². The number of ether oxygens (including phenoxy) is 2. The van der Waals surface area contributed by atoms with Crippen molar-refractivity contribution in [2.75, 3.05) is 0 Å². The molecular formula is C122H82BClN6O4. The number of hydrogen-bond acceptors (Lipinski definition) is 10. The Balaban J connectivity index is 0.000000115. The van der Waals surface area contributed by atoms with Gasteiger partial charge in [0.1, 0.15) is 23.0 Å². The van der Waals surface area contributed by atoms with Crippen molar-refractivity contribution in [2.45, 2.75) is 49.7 Å². The molecule has 0 radical (unpaired) electrons. The highest BCUT2D eigenvalue weighted by molar-refractivity contribution is 6.62. The first-order valence-electron chi connectivity index (χ1n) is 45.5. The van der Waals surface area contributed by atoms with Gasteiger partial charge in [0, 0.05) is 50.1 Å². The average molecular weight is 1740 g/mol. The summed E-state index contributed by atoms with van der Waals surface area (Å²) in [6, 6.07) is 150. The minimum absolute atomic E-state index is 0.179. The number of rotatable bonds is 8. The Hall–Kier alpha value is -16.1. The third-order valence-electron chi connectivity index (χ3n) is 28.2. The molecule has 634 valence electrons. The third kappa shape index (κ3) is 12.9. The smallest absolute Gasteiger partial charge is 0.457 e. The molecule has 1 fully saturated rings. The van der Waals surface area contributed by atoms with Crippen LogP contribution in [0, 0.1) is 0 Å². The van der Waals surface area contributed by atoms with Gasteiger partial charge in [-0.25, -0.2) is 19.9 Å². The first kappa shape index (κ1) is 80.0. The van der Waals surface area contributed by atoms with Crippen molar-refractivity contribution >= 4 is 88.8 Å². The van der Waals surface area contributed by atoms with Gasteiger partial charge >= 0.3 is 7.12 Å². The summed E-state index contributed by atoms with van der Waals surface area (Å²) in [6.45, 7) is 8.33. The van der Waals surface area contributed by atoms with Crippen molar-refractivity contribution in [1.29, 1.82) is 0 Å². The van der Waals surface area contributed by atoms with Crippen LogP contribution in [-0.2, 0) is 20.1 Å². The molecule has 0 N–H and O–H groups in total. The van der Waals surface area contributed by atoms with E-state index in [1.807, 2.05) is 78.9 Å². The van der Waals surface area contributed by atoms with Gasteiger partial charge in [-0.2, -0.15) is 9.97 Å². The van der Waals surface area contributed by atoms with E-state index in [1.165, 1.54) is 115 Å². The zero-order valence-corrected chi connectivity index (χ0v) is 74.4. The van der Waals surface area contributed by atoms with Gasteiger partial charge in [-0.15, -0.1) is 0 Å². The number of halogens is 1. The molecule has 0 amide bonds. The fraction of sp³-hybridized carbons (Fsp3) is 0.0656. The molecule has 22 aromatic rings. The van der Waals surface area contributed by atoms with E-state index in [-0.39, 0.29) is 5.28 Å². The van der Waals surface area contributed by atoms with Crippen LogP contribution < -0.4 is 14.9 Å². The largest absolute Gasteiger partial charge is 0.494 e. The van der Waals surface area contributed by atoms with Gasteiger partial charge in [-0.05, 0) is 225 Å². The van der Waals surface area contributed by atoms with Crippen LogP contribution in [0.2, 0.25) is 5.28 Å². The van der Waals surface area contributed by atoms with Gasteiger partial charge in [-0.1, -0.05) is 376 Å². The molecule has 0 atom stereocenters. The molecule has 3 aliphatic heterocycles. The highest BCUT2D eigenvalue weighted by Crippen LogP contribution is 2.64. The second kappa shape index (κ2) is 31.6. The van der Waals surface area contributed by atoms with Gasteiger partial charge in [0.15, 0.2) is 29.1 Å². The number of aromatic nitrogens is 6. The average Bonchev–Trinajstić information content (AvgIpc) is 1.51. The summed E-state index contributed by atoms with van der Waals surface area (Å²) in [5.41, 5.74) is 22.8. The summed E-state index contributed by atoms with van der Waals surface area (Å²) in [7, 11) is -0.440. The minimum Gasteiger partial charge on any atom is -0.457 e. The number of para-hydroxylation sites is 2. The second-order valence-corrected chi connectivity index (χ2v) is 36.4. The fourth-order valence-electron chi connectivity index (χ4n) is 21.4. The third-order valence-corrected chi connectivity index (χ3v) is 28.4. The van der Waals surface area contributed by atoms with Gasteiger partial charge in [0.2, 0.25) is 5.28 Å². The van der Waals surface area contributed by atoms with Crippen LogP contribution in [0.5, 0.6) is 23.0 Å². The van der Waals surface area contributed by atoms with Crippen LogP contribution in [0.15, 0.2) is 425 Å². The molecule has 20 aromatic carbocycles. The molecule has 10 nitrogen and oxygen atoms in total. The quantitative estimate of drug-likeness (QED) is 0.108. The summed E-state index contributed by atoms with van der Waals surface area (Å²) >= 11 is 6.31. The van der Waals surface area contributed by atoms with Gasteiger partial charge < -0.3 is 18.8 Å². The fourth-order valence-corrected chi connectivity index (χ4v) is 21.6. The number of hydrogen-bond donors (Lipinski definition) is 0. The summed E-state index contributed by atoms with van der Waals surface area (Å²) in [6.07, 6.45) is 0. The monoisotopic (exact) mass is 1740 g/mol. The van der Waals surface area contributed by atoms with Crippen molar-refractivity contribution < 1.29 is 18.8 Å². The number of fused-ring (bicyclic) bond motifs is 30. The van der Waals surface area contributed by atoms with E-state index >= 15 is 0 Å². The number of benzene rings is 20.